The molecule has 1 N–H and O–H groups in total. The number of thioether (sulfide) groups is 1. The predicted octanol–water partition coefficient (Wildman–Crippen LogP) is 4.94. The van der Waals surface area contributed by atoms with Crippen LogP contribution in [0.5, 0.6) is 0 Å². The SMILES string of the molecule is CCCN1/C(=N/C2CCCCC2)SCC1CC(=O)NCc1ccc(C)cc1.Cl. The van der Waals surface area contributed by atoms with Gasteiger partial charge in [0.15, 0.2) is 5.17 Å². The third-order valence-electron chi connectivity index (χ3n) is 5.45. The molecule has 156 valence electrons. The molecule has 1 unspecified atom stereocenters. The van der Waals surface area contributed by atoms with E-state index in [0.29, 0.717) is 19.0 Å². The molecule has 6 heteroatoms. The zero-order valence-electron chi connectivity index (χ0n) is 17.2. The van der Waals surface area contributed by atoms with Crippen LogP contribution >= 0.6 is 24.2 Å². The molecule has 1 aromatic carbocycles. The lowest BCUT2D eigenvalue weighted by Gasteiger charge is -2.27. The van der Waals surface area contributed by atoms with E-state index in [4.69, 9.17) is 4.99 Å². The summed E-state index contributed by atoms with van der Waals surface area (Å²) in [4.78, 5) is 20.0. The quantitative estimate of drug-likeness (QED) is 0.675. The lowest BCUT2D eigenvalue weighted by Crippen LogP contribution is -2.39. The fourth-order valence-corrected chi connectivity index (χ4v) is 5.13. The van der Waals surface area contributed by atoms with Crippen LogP contribution in [0.25, 0.3) is 0 Å². The summed E-state index contributed by atoms with van der Waals surface area (Å²) in [6.07, 6.45) is 8.08. The van der Waals surface area contributed by atoms with Crippen molar-refractivity contribution in [2.45, 2.75) is 77.4 Å². The van der Waals surface area contributed by atoms with Crippen molar-refractivity contribution in [3.63, 3.8) is 0 Å². The van der Waals surface area contributed by atoms with E-state index >= 15 is 0 Å². The number of halogens is 1. The molecule has 0 aromatic heterocycles. The third kappa shape index (κ3) is 6.70. The standard InChI is InChI=1S/C22H33N3OS.ClH/c1-3-13-25-20(16-27-22(25)24-19-7-5-4-6-8-19)14-21(26)23-15-18-11-9-17(2)10-12-18;/h9-12,19-20H,3-8,13-16H2,1-2H3,(H,23,26);1H/b24-22-;. The first-order valence-electron chi connectivity index (χ1n) is 10.4. The summed E-state index contributed by atoms with van der Waals surface area (Å²) in [5.74, 6) is 1.12. The molecule has 1 aliphatic heterocycles. The number of benzene rings is 1. The average molecular weight is 424 g/mol. The Morgan fingerprint density at radius 1 is 1.21 bits per heavy atom. The maximum absolute atomic E-state index is 12.5. The molecule has 1 saturated carbocycles. The Morgan fingerprint density at radius 3 is 2.61 bits per heavy atom. The van der Waals surface area contributed by atoms with Crippen LogP contribution in [0, 0.1) is 6.92 Å². The lowest BCUT2D eigenvalue weighted by atomic mass is 9.96. The number of carbonyl (C=O) groups is 1. The molecule has 0 bridgehead atoms. The second-order valence-electron chi connectivity index (χ2n) is 7.83. The molecule has 3 rings (SSSR count). The van der Waals surface area contributed by atoms with Crippen LogP contribution in [0.15, 0.2) is 29.3 Å². The Morgan fingerprint density at radius 2 is 1.93 bits per heavy atom. The number of hydrogen-bond acceptors (Lipinski definition) is 3. The largest absolute Gasteiger partial charge is 0.352 e. The first-order chi connectivity index (χ1) is 13.2. The minimum absolute atomic E-state index is 0. The van der Waals surface area contributed by atoms with Gasteiger partial charge in [-0.25, -0.2) is 0 Å². The van der Waals surface area contributed by atoms with Gasteiger partial charge in [0, 0.05) is 31.3 Å². The van der Waals surface area contributed by atoms with Crippen LogP contribution in [0.2, 0.25) is 0 Å². The summed E-state index contributed by atoms with van der Waals surface area (Å²) in [6.45, 7) is 5.88. The molecule has 1 aromatic rings. The van der Waals surface area contributed by atoms with Gasteiger partial charge in [-0.2, -0.15) is 0 Å². The van der Waals surface area contributed by atoms with Gasteiger partial charge in [-0.1, -0.05) is 67.8 Å². The van der Waals surface area contributed by atoms with Gasteiger partial charge in [-0.3, -0.25) is 9.79 Å². The molecule has 1 amide bonds. The summed E-state index contributed by atoms with van der Waals surface area (Å²) in [6, 6.07) is 9.11. The summed E-state index contributed by atoms with van der Waals surface area (Å²) in [5.41, 5.74) is 2.40. The van der Waals surface area contributed by atoms with Crippen molar-refractivity contribution in [3.05, 3.63) is 35.4 Å². The number of hydrogen-bond donors (Lipinski definition) is 1. The van der Waals surface area contributed by atoms with Crippen LogP contribution in [0.3, 0.4) is 0 Å². The summed E-state index contributed by atoms with van der Waals surface area (Å²) < 4.78 is 0. The highest BCUT2D eigenvalue weighted by Crippen LogP contribution is 2.29. The fraction of sp³-hybridized carbons (Fsp3) is 0.636. The van der Waals surface area contributed by atoms with E-state index in [-0.39, 0.29) is 24.4 Å². The smallest absolute Gasteiger partial charge is 0.222 e. The number of rotatable bonds is 7. The second-order valence-corrected chi connectivity index (χ2v) is 8.82. The minimum Gasteiger partial charge on any atom is -0.352 e. The Kier molecular flexibility index (Phi) is 9.66. The predicted molar refractivity (Wildman–Crippen MR) is 122 cm³/mol. The first kappa shape index (κ1) is 23.1. The molecular formula is C22H34ClN3OS. The van der Waals surface area contributed by atoms with E-state index in [0.717, 1.165) is 24.3 Å². The van der Waals surface area contributed by atoms with E-state index in [1.807, 2.05) is 11.8 Å². The third-order valence-corrected chi connectivity index (χ3v) is 6.60. The van der Waals surface area contributed by atoms with Crippen molar-refractivity contribution >= 4 is 35.2 Å². The maximum Gasteiger partial charge on any atom is 0.222 e. The number of aliphatic imine (C=N–C) groups is 1. The Bertz CT molecular complexity index is 644. The van der Waals surface area contributed by atoms with Gasteiger partial charge in [0.1, 0.15) is 0 Å². The van der Waals surface area contributed by atoms with E-state index in [1.54, 1.807) is 0 Å². The van der Waals surface area contributed by atoms with Crippen molar-refractivity contribution in [2.24, 2.45) is 4.99 Å². The van der Waals surface area contributed by atoms with Crippen LogP contribution in [-0.4, -0.2) is 40.4 Å². The summed E-state index contributed by atoms with van der Waals surface area (Å²) in [5, 5.41) is 4.27. The Labute approximate surface area is 180 Å². The molecule has 0 radical (unpaired) electrons. The molecule has 4 nitrogen and oxygen atoms in total. The van der Waals surface area contributed by atoms with Gasteiger partial charge < -0.3 is 10.2 Å². The molecule has 1 aliphatic carbocycles. The number of aryl methyl sites for hydroxylation is 1. The maximum atomic E-state index is 12.5. The molecule has 2 fully saturated rings. The van der Waals surface area contributed by atoms with Crippen LogP contribution in [-0.2, 0) is 11.3 Å². The Balaban J connectivity index is 0.00000280. The lowest BCUT2D eigenvalue weighted by molar-refractivity contribution is -0.122. The van der Waals surface area contributed by atoms with Crippen molar-refractivity contribution in [3.8, 4) is 0 Å². The number of amidine groups is 1. The molecule has 1 atom stereocenters. The van der Waals surface area contributed by atoms with Crippen LogP contribution < -0.4 is 5.32 Å². The highest BCUT2D eigenvalue weighted by molar-refractivity contribution is 8.14. The van der Waals surface area contributed by atoms with E-state index in [2.05, 4.69) is 48.3 Å². The molecule has 28 heavy (non-hydrogen) atoms. The number of nitrogens with one attached hydrogen (secondary N) is 1. The van der Waals surface area contributed by atoms with Crippen LogP contribution in [0.1, 0.15) is 63.0 Å². The van der Waals surface area contributed by atoms with Crippen molar-refractivity contribution in [2.75, 3.05) is 12.3 Å². The van der Waals surface area contributed by atoms with Gasteiger partial charge >= 0.3 is 0 Å². The van der Waals surface area contributed by atoms with Gasteiger partial charge in [-0.15, -0.1) is 12.4 Å². The zero-order chi connectivity index (χ0) is 19.1. The zero-order valence-corrected chi connectivity index (χ0v) is 18.8. The number of amides is 1. The normalized spacial score (nSPS) is 21.6. The van der Waals surface area contributed by atoms with Gasteiger partial charge in [0.2, 0.25) is 5.91 Å². The topological polar surface area (TPSA) is 44.7 Å². The second kappa shape index (κ2) is 11.7. The monoisotopic (exact) mass is 423 g/mol. The van der Waals surface area contributed by atoms with Crippen molar-refractivity contribution in [1.29, 1.82) is 0 Å². The van der Waals surface area contributed by atoms with Gasteiger partial charge in [0.25, 0.3) is 0 Å². The summed E-state index contributed by atoms with van der Waals surface area (Å²) in [7, 11) is 0. The van der Waals surface area contributed by atoms with E-state index in [9.17, 15) is 4.79 Å². The van der Waals surface area contributed by atoms with Gasteiger partial charge in [0.05, 0.1) is 6.04 Å². The molecule has 1 saturated heterocycles. The van der Waals surface area contributed by atoms with Gasteiger partial charge in [-0.05, 0) is 31.7 Å². The first-order valence-corrected chi connectivity index (χ1v) is 11.4. The highest BCUT2D eigenvalue weighted by atomic mass is 35.5. The fourth-order valence-electron chi connectivity index (χ4n) is 3.86. The van der Waals surface area contributed by atoms with Crippen molar-refractivity contribution < 1.29 is 4.79 Å². The van der Waals surface area contributed by atoms with E-state index < -0.39 is 0 Å². The highest BCUT2D eigenvalue weighted by Gasteiger charge is 2.31. The minimum atomic E-state index is 0. The number of carbonyl (C=O) groups excluding carboxylic acids is 1. The molecule has 0 spiro atoms. The van der Waals surface area contributed by atoms with Crippen molar-refractivity contribution in [1.82, 2.24) is 10.2 Å². The average Bonchev–Trinajstić information content (AvgIpc) is 3.04. The molecular weight excluding hydrogens is 390 g/mol. The Hall–Kier alpha value is -1.20. The summed E-state index contributed by atoms with van der Waals surface area (Å²) >= 11 is 1.85. The molecule has 1 heterocycles. The van der Waals surface area contributed by atoms with Crippen LogP contribution in [0.4, 0.5) is 0 Å². The number of nitrogens with zero attached hydrogens (tertiary/aromatic N) is 2. The van der Waals surface area contributed by atoms with E-state index in [1.165, 1.54) is 42.8 Å². The molecule has 2 aliphatic rings.